The van der Waals surface area contributed by atoms with Crippen LogP contribution in [-0.4, -0.2) is 62.3 Å². The molecule has 0 spiro atoms. The van der Waals surface area contributed by atoms with Gasteiger partial charge in [0.2, 0.25) is 0 Å². The predicted octanol–water partition coefficient (Wildman–Crippen LogP) is 3.01. The number of aliphatic hydroxyl groups excluding tert-OH is 2. The summed E-state index contributed by atoms with van der Waals surface area (Å²) in [6, 6.07) is 21.4. The maximum atomic E-state index is 9.95. The molecule has 2 aromatic carbocycles. The third-order valence-corrected chi connectivity index (χ3v) is 12.2. The number of hydrogen-bond donors (Lipinski definition) is 2. The maximum Gasteiger partial charge on any atom is 0.261 e. The van der Waals surface area contributed by atoms with Gasteiger partial charge in [-0.3, -0.25) is 0 Å². The van der Waals surface area contributed by atoms with Gasteiger partial charge in [-0.2, -0.15) is 0 Å². The Morgan fingerprint density at radius 3 is 2.09 bits per heavy atom. The molecule has 180 valence electrons. The summed E-state index contributed by atoms with van der Waals surface area (Å²) in [7, 11) is -2.53. The highest BCUT2D eigenvalue weighted by molar-refractivity contribution is 6.99. The summed E-state index contributed by atoms with van der Waals surface area (Å²) >= 11 is 0. The van der Waals surface area contributed by atoms with Crippen molar-refractivity contribution in [1.82, 2.24) is 0 Å². The number of benzene rings is 2. The number of hydrogen-bond acceptors (Lipinski definition) is 5. The van der Waals surface area contributed by atoms with Crippen LogP contribution in [0.2, 0.25) is 5.04 Å². The van der Waals surface area contributed by atoms with Crippen molar-refractivity contribution in [2.75, 3.05) is 13.2 Å². The van der Waals surface area contributed by atoms with Gasteiger partial charge in [-0.05, 0) is 34.7 Å². The van der Waals surface area contributed by atoms with Crippen molar-refractivity contribution >= 4 is 18.7 Å². The Morgan fingerprint density at radius 2 is 1.55 bits per heavy atom. The van der Waals surface area contributed by atoms with Gasteiger partial charge in [-0.1, -0.05) is 81.4 Å². The quantitative estimate of drug-likeness (QED) is 0.581. The summed E-state index contributed by atoms with van der Waals surface area (Å²) in [4.78, 5) is 0. The van der Waals surface area contributed by atoms with E-state index in [-0.39, 0.29) is 36.1 Å². The lowest BCUT2D eigenvalue weighted by Gasteiger charge is -2.43. The van der Waals surface area contributed by atoms with E-state index in [0.29, 0.717) is 13.0 Å². The Kier molecular flexibility index (Phi) is 7.73. The van der Waals surface area contributed by atoms with Gasteiger partial charge in [0.15, 0.2) is 0 Å². The first-order valence-electron chi connectivity index (χ1n) is 12.2. The third kappa shape index (κ3) is 5.11. The van der Waals surface area contributed by atoms with Crippen LogP contribution in [0.15, 0.2) is 60.7 Å². The molecule has 2 N–H and O–H groups in total. The highest BCUT2D eigenvalue weighted by Crippen LogP contribution is 2.38. The molecule has 0 amide bonds. The lowest BCUT2D eigenvalue weighted by Crippen LogP contribution is -2.66. The van der Waals surface area contributed by atoms with Gasteiger partial charge in [-0.25, -0.2) is 0 Å². The van der Waals surface area contributed by atoms with Crippen LogP contribution in [0.5, 0.6) is 0 Å². The van der Waals surface area contributed by atoms with Crippen molar-refractivity contribution in [3.63, 3.8) is 0 Å². The van der Waals surface area contributed by atoms with Crippen LogP contribution in [0.4, 0.5) is 0 Å². The molecule has 6 heteroatoms. The number of fused-ring (bicyclic) bond motifs is 1. The Bertz CT molecular complexity index is 830. The predicted molar refractivity (Wildman–Crippen MR) is 132 cm³/mol. The van der Waals surface area contributed by atoms with E-state index in [2.05, 4.69) is 81.4 Å². The number of aliphatic hydroxyl groups is 2. The highest BCUT2D eigenvalue weighted by Gasteiger charge is 2.50. The van der Waals surface area contributed by atoms with Crippen molar-refractivity contribution in [2.24, 2.45) is 0 Å². The second kappa shape index (κ2) is 10.4. The largest absolute Gasteiger partial charge is 0.407 e. The Hall–Kier alpha value is -1.54. The van der Waals surface area contributed by atoms with Gasteiger partial charge >= 0.3 is 0 Å². The molecule has 2 fully saturated rings. The van der Waals surface area contributed by atoms with Gasteiger partial charge in [0.1, 0.15) is 6.10 Å². The molecule has 5 atom stereocenters. The Labute approximate surface area is 198 Å². The number of rotatable bonds is 8. The zero-order valence-corrected chi connectivity index (χ0v) is 21.0. The van der Waals surface area contributed by atoms with Crippen LogP contribution in [-0.2, 0) is 13.9 Å². The highest BCUT2D eigenvalue weighted by atomic mass is 28.4. The molecule has 0 bridgehead atoms. The second-order valence-electron chi connectivity index (χ2n) is 10.4. The van der Waals surface area contributed by atoms with Gasteiger partial charge in [-0.15, -0.1) is 0 Å². The van der Waals surface area contributed by atoms with Gasteiger partial charge < -0.3 is 24.1 Å². The first-order chi connectivity index (χ1) is 15.8. The van der Waals surface area contributed by atoms with Crippen LogP contribution in [0, 0.1) is 0 Å². The average Bonchev–Trinajstić information content (AvgIpc) is 3.25. The van der Waals surface area contributed by atoms with Gasteiger partial charge in [0, 0.05) is 13.0 Å². The lowest BCUT2D eigenvalue weighted by atomic mass is 9.98. The fraction of sp³-hybridized carbons (Fsp3) is 0.556. The number of ether oxygens (including phenoxy) is 2. The molecule has 4 rings (SSSR count). The zero-order chi connectivity index (χ0) is 23.5. The van der Waals surface area contributed by atoms with E-state index in [4.69, 9.17) is 13.9 Å². The Balaban J connectivity index is 1.47. The first-order valence-corrected chi connectivity index (χ1v) is 14.1. The van der Waals surface area contributed by atoms with Crippen molar-refractivity contribution in [2.45, 2.75) is 82.0 Å². The van der Waals surface area contributed by atoms with Crippen molar-refractivity contribution in [3.8, 4) is 0 Å². The van der Waals surface area contributed by atoms with E-state index in [0.717, 1.165) is 19.3 Å². The summed E-state index contributed by atoms with van der Waals surface area (Å²) in [5, 5.41) is 21.7. The van der Waals surface area contributed by atoms with Crippen LogP contribution >= 0.6 is 0 Å². The molecule has 4 unspecified atom stereocenters. The second-order valence-corrected chi connectivity index (χ2v) is 14.7. The summed E-state index contributed by atoms with van der Waals surface area (Å²) in [5.74, 6) is 0. The molecule has 2 heterocycles. The minimum absolute atomic E-state index is 0.0113. The molecule has 2 aromatic rings. The Morgan fingerprint density at radius 1 is 0.939 bits per heavy atom. The smallest absolute Gasteiger partial charge is 0.261 e. The van der Waals surface area contributed by atoms with Crippen molar-refractivity contribution in [1.29, 1.82) is 0 Å². The molecule has 2 saturated heterocycles. The fourth-order valence-electron chi connectivity index (χ4n) is 5.49. The first kappa shape index (κ1) is 24.6. The summed E-state index contributed by atoms with van der Waals surface area (Å²) < 4.78 is 19.3. The van der Waals surface area contributed by atoms with E-state index < -0.39 is 14.4 Å². The van der Waals surface area contributed by atoms with E-state index >= 15 is 0 Å². The van der Waals surface area contributed by atoms with Crippen LogP contribution in [0.25, 0.3) is 0 Å². The fourth-order valence-corrected chi connectivity index (χ4v) is 10.1. The van der Waals surface area contributed by atoms with Crippen LogP contribution in [0.1, 0.15) is 46.5 Å². The van der Waals surface area contributed by atoms with Crippen LogP contribution in [0.3, 0.4) is 0 Å². The van der Waals surface area contributed by atoms with Gasteiger partial charge in [0.25, 0.3) is 8.32 Å². The minimum atomic E-state index is -2.53. The summed E-state index contributed by atoms with van der Waals surface area (Å²) in [6.07, 6.45) is 2.27. The average molecular weight is 471 g/mol. The molecular weight excluding hydrogens is 432 g/mol. The lowest BCUT2D eigenvalue weighted by molar-refractivity contribution is -0.113. The van der Waals surface area contributed by atoms with Crippen molar-refractivity contribution < 1.29 is 24.1 Å². The monoisotopic (exact) mass is 470 g/mol. The molecule has 0 radical (unpaired) electrons. The minimum Gasteiger partial charge on any atom is -0.407 e. The zero-order valence-electron chi connectivity index (χ0n) is 20.0. The topological polar surface area (TPSA) is 68.2 Å². The van der Waals surface area contributed by atoms with E-state index in [1.807, 2.05) is 0 Å². The van der Waals surface area contributed by atoms with E-state index in [1.165, 1.54) is 10.4 Å². The van der Waals surface area contributed by atoms with Gasteiger partial charge in [0.05, 0.1) is 31.0 Å². The molecule has 2 aliphatic heterocycles. The van der Waals surface area contributed by atoms with E-state index in [9.17, 15) is 10.2 Å². The normalized spacial score (nSPS) is 26.7. The van der Waals surface area contributed by atoms with Crippen molar-refractivity contribution in [3.05, 3.63) is 60.7 Å². The molecule has 5 nitrogen and oxygen atoms in total. The third-order valence-electron chi connectivity index (χ3n) is 7.16. The molecule has 0 aromatic heterocycles. The molecule has 33 heavy (non-hydrogen) atoms. The molecule has 2 aliphatic rings. The summed E-state index contributed by atoms with van der Waals surface area (Å²) in [5.41, 5.74) is 0. The molecular formula is C27H38O5Si. The standard InChI is InChI=1S/C27H38O5Si/c1-27(2,3)33(21-10-6-4-7-11-21,22-12-8-5-9-13-22)30-17-16-20-14-15-24-26(31-20)18-25(32-24)23(29)19-28/h4-13,20,23-26,28-29H,14-19H2,1-3H3/t20?,23-,24?,25?,26?/m1/s1. The van der Waals surface area contributed by atoms with E-state index in [1.54, 1.807) is 0 Å². The van der Waals surface area contributed by atoms with Crippen LogP contribution < -0.4 is 10.4 Å². The maximum absolute atomic E-state index is 9.95. The molecule has 0 aliphatic carbocycles. The SMILES string of the molecule is CC(C)(C)[Si](OCCC1CCC2OC([C@H](O)CO)CC2O1)(c1ccccc1)c1ccccc1. The summed E-state index contributed by atoms with van der Waals surface area (Å²) in [6.45, 7) is 7.24. The molecule has 0 saturated carbocycles.